The number of carbonyl (C=O) groups is 1. The molecule has 0 saturated carbocycles. The third-order valence-electron chi connectivity index (χ3n) is 4.33. The highest BCUT2D eigenvalue weighted by molar-refractivity contribution is 5.69. The molecule has 0 heterocycles. The Morgan fingerprint density at radius 1 is 0.833 bits per heavy atom. The molecule has 0 spiro atoms. The second kappa shape index (κ2) is 10.6. The molecule has 2 heteroatoms. The number of benzene rings is 2. The van der Waals surface area contributed by atoms with Crippen LogP contribution in [0.4, 0.5) is 0 Å². The number of hydrogen-bond acceptors (Lipinski definition) is 2. The van der Waals surface area contributed by atoms with Crippen molar-refractivity contribution in [3.8, 4) is 0 Å². The third-order valence-corrected chi connectivity index (χ3v) is 4.33. The Hall–Kier alpha value is -2.09. The minimum absolute atomic E-state index is 0.0658. The van der Waals surface area contributed by atoms with Crippen molar-refractivity contribution < 1.29 is 9.53 Å². The quantitative estimate of drug-likeness (QED) is 0.412. The number of carbonyl (C=O) groups excluding carboxylic acids is 1. The summed E-state index contributed by atoms with van der Waals surface area (Å²) in [5.74, 6) is 0.390. The highest BCUT2D eigenvalue weighted by atomic mass is 16.5. The summed E-state index contributed by atoms with van der Waals surface area (Å²) in [4.78, 5) is 11.3. The van der Waals surface area contributed by atoms with Crippen LogP contribution in [0.3, 0.4) is 0 Å². The second-order valence-electron chi connectivity index (χ2n) is 6.13. The summed E-state index contributed by atoms with van der Waals surface area (Å²) in [6, 6.07) is 21.5. The van der Waals surface area contributed by atoms with Crippen molar-refractivity contribution >= 4 is 5.97 Å². The van der Waals surface area contributed by atoms with Crippen LogP contribution in [0.25, 0.3) is 0 Å². The van der Waals surface area contributed by atoms with Gasteiger partial charge in [0.1, 0.15) is 0 Å². The first-order valence-electron chi connectivity index (χ1n) is 9.06. The van der Waals surface area contributed by atoms with Gasteiger partial charge in [-0.2, -0.15) is 0 Å². The Balaban J connectivity index is 1.81. The molecule has 128 valence electrons. The summed E-state index contributed by atoms with van der Waals surface area (Å²) in [7, 11) is 0. The van der Waals surface area contributed by atoms with Crippen molar-refractivity contribution in [2.24, 2.45) is 0 Å². The van der Waals surface area contributed by atoms with Gasteiger partial charge >= 0.3 is 5.97 Å². The molecular weight excluding hydrogens is 296 g/mol. The molecule has 0 bridgehead atoms. The van der Waals surface area contributed by atoms with Crippen LogP contribution < -0.4 is 0 Å². The molecule has 2 nitrogen and oxygen atoms in total. The van der Waals surface area contributed by atoms with E-state index in [0.29, 0.717) is 18.9 Å². The predicted molar refractivity (Wildman–Crippen MR) is 99.1 cm³/mol. The summed E-state index contributed by atoms with van der Waals surface area (Å²) in [5, 5.41) is 0. The third kappa shape index (κ3) is 6.19. The lowest BCUT2D eigenvalue weighted by Crippen LogP contribution is -2.03. The van der Waals surface area contributed by atoms with Crippen molar-refractivity contribution in [2.75, 3.05) is 6.61 Å². The Kier molecular flexibility index (Phi) is 8.09. The molecule has 0 aliphatic carbocycles. The Morgan fingerprint density at radius 3 is 1.92 bits per heavy atom. The van der Waals surface area contributed by atoms with Gasteiger partial charge in [0.15, 0.2) is 0 Å². The van der Waals surface area contributed by atoms with E-state index in [2.05, 4.69) is 60.7 Å². The molecule has 2 aromatic carbocycles. The Bertz CT molecular complexity index is 538. The lowest BCUT2D eigenvalue weighted by atomic mass is 9.87. The number of hydrogen-bond donors (Lipinski definition) is 0. The molecule has 0 aromatic heterocycles. The molecule has 2 rings (SSSR count). The van der Waals surface area contributed by atoms with Gasteiger partial charge < -0.3 is 4.74 Å². The average molecular weight is 324 g/mol. The van der Waals surface area contributed by atoms with Gasteiger partial charge in [-0.25, -0.2) is 0 Å². The lowest BCUT2D eigenvalue weighted by molar-refractivity contribution is -0.143. The van der Waals surface area contributed by atoms with E-state index in [1.807, 2.05) is 6.92 Å². The molecular formula is C22H28O2. The molecule has 0 fully saturated rings. The van der Waals surface area contributed by atoms with E-state index in [1.54, 1.807) is 0 Å². The maximum Gasteiger partial charge on any atom is 0.305 e. The van der Waals surface area contributed by atoms with Gasteiger partial charge in [-0.3, -0.25) is 4.79 Å². The van der Waals surface area contributed by atoms with Gasteiger partial charge in [-0.15, -0.1) is 0 Å². The van der Waals surface area contributed by atoms with E-state index >= 15 is 0 Å². The van der Waals surface area contributed by atoms with Gasteiger partial charge in [0.2, 0.25) is 0 Å². The number of rotatable bonds is 10. The lowest BCUT2D eigenvalue weighted by Gasteiger charge is -2.18. The maximum absolute atomic E-state index is 11.3. The van der Waals surface area contributed by atoms with Crippen molar-refractivity contribution in [1.82, 2.24) is 0 Å². The highest BCUT2D eigenvalue weighted by Gasteiger charge is 2.13. The van der Waals surface area contributed by atoms with Crippen LogP contribution in [0.2, 0.25) is 0 Å². The summed E-state index contributed by atoms with van der Waals surface area (Å²) >= 11 is 0. The normalized spacial score (nSPS) is 10.8. The van der Waals surface area contributed by atoms with Gasteiger partial charge in [0, 0.05) is 12.3 Å². The minimum atomic E-state index is -0.0658. The topological polar surface area (TPSA) is 26.3 Å². The zero-order valence-electron chi connectivity index (χ0n) is 14.6. The van der Waals surface area contributed by atoms with Crippen molar-refractivity contribution in [1.29, 1.82) is 0 Å². The smallest absolute Gasteiger partial charge is 0.305 e. The Labute approximate surface area is 145 Å². The SMILES string of the molecule is CCOC(=O)CCCCCCC(c1ccccc1)c1ccccc1. The van der Waals surface area contributed by atoms with E-state index in [1.165, 1.54) is 17.5 Å². The molecule has 0 N–H and O–H groups in total. The first-order chi connectivity index (χ1) is 11.8. The summed E-state index contributed by atoms with van der Waals surface area (Å²) in [6.07, 6.45) is 6.06. The van der Waals surface area contributed by atoms with E-state index < -0.39 is 0 Å². The molecule has 0 aliphatic heterocycles. The van der Waals surface area contributed by atoms with Crippen LogP contribution in [0.5, 0.6) is 0 Å². The Morgan fingerprint density at radius 2 is 1.38 bits per heavy atom. The van der Waals surface area contributed by atoms with Crippen molar-refractivity contribution in [2.45, 2.75) is 51.4 Å². The average Bonchev–Trinajstić information content (AvgIpc) is 2.63. The fourth-order valence-electron chi connectivity index (χ4n) is 3.10. The highest BCUT2D eigenvalue weighted by Crippen LogP contribution is 2.29. The van der Waals surface area contributed by atoms with E-state index in [0.717, 1.165) is 25.7 Å². The number of unbranched alkanes of at least 4 members (excludes halogenated alkanes) is 3. The first-order valence-corrected chi connectivity index (χ1v) is 9.06. The van der Waals surface area contributed by atoms with Gasteiger partial charge in [-0.05, 0) is 30.9 Å². The van der Waals surface area contributed by atoms with E-state index in [-0.39, 0.29) is 5.97 Å². The fourth-order valence-corrected chi connectivity index (χ4v) is 3.10. The van der Waals surface area contributed by atoms with Crippen LogP contribution >= 0.6 is 0 Å². The van der Waals surface area contributed by atoms with Gasteiger partial charge in [-0.1, -0.05) is 79.9 Å². The number of esters is 1. The molecule has 0 saturated heterocycles. The first kappa shape index (κ1) is 18.3. The standard InChI is InChI=1S/C22H28O2/c1-2-24-22(23)18-12-4-3-11-17-21(19-13-7-5-8-14-19)20-15-9-6-10-16-20/h5-10,13-16,21H,2-4,11-12,17-18H2,1H3. The van der Waals surface area contributed by atoms with E-state index in [4.69, 9.17) is 4.74 Å². The monoisotopic (exact) mass is 324 g/mol. The van der Waals surface area contributed by atoms with Gasteiger partial charge in [0.05, 0.1) is 6.61 Å². The fraction of sp³-hybridized carbons (Fsp3) is 0.409. The molecule has 2 aromatic rings. The predicted octanol–water partition coefficient (Wildman–Crippen LogP) is 5.72. The summed E-state index contributed by atoms with van der Waals surface area (Å²) in [6.45, 7) is 2.33. The van der Waals surface area contributed by atoms with Crippen LogP contribution in [0.1, 0.15) is 62.5 Å². The van der Waals surface area contributed by atoms with Crippen LogP contribution in [-0.4, -0.2) is 12.6 Å². The molecule has 0 radical (unpaired) electrons. The second-order valence-corrected chi connectivity index (χ2v) is 6.13. The molecule has 0 amide bonds. The largest absolute Gasteiger partial charge is 0.466 e. The molecule has 0 aliphatic rings. The van der Waals surface area contributed by atoms with Crippen LogP contribution in [-0.2, 0) is 9.53 Å². The summed E-state index contributed by atoms with van der Waals surface area (Å²) in [5.41, 5.74) is 2.77. The maximum atomic E-state index is 11.3. The molecule has 0 atom stereocenters. The molecule has 0 unspecified atom stereocenters. The van der Waals surface area contributed by atoms with Crippen molar-refractivity contribution in [3.05, 3.63) is 71.8 Å². The van der Waals surface area contributed by atoms with Crippen LogP contribution in [0, 0.1) is 0 Å². The van der Waals surface area contributed by atoms with E-state index in [9.17, 15) is 4.79 Å². The summed E-state index contributed by atoms with van der Waals surface area (Å²) < 4.78 is 4.96. The minimum Gasteiger partial charge on any atom is -0.466 e. The number of ether oxygens (including phenoxy) is 1. The van der Waals surface area contributed by atoms with Crippen LogP contribution in [0.15, 0.2) is 60.7 Å². The van der Waals surface area contributed by atoms with Gasteiger partial charge in [0.25, 0.3) is 0 Å². The molecule has 24 heavy (non-hydrogen) atoms. The zero-order chi connectivity index (χ0) is 17.0. The zero-order valence-corrected chi connectivity index (χ0v) is 14.6. The van der Waals surface area contributed by atoms with Crippen molar-refractivity contribution in [3.63, 3.8) is 0 Å².